The molecule has 2 aromatic carbocycles. The second-order valence-corrected chi connectivity index (χ2v) is 6.30. The Kier molecular flexibility index (Phi) is 5.83. The molecule has 0 spiro atoms. The molecule has 1 amide bonds. The van der Waals surface area contributed by atoms with Crippen molar-refractivity contribution in [3.05, 3.63) is 76.7 Å². The number of aromatic amines is 1. The number of hydrogen-bond donors (Lipinski definition) is 3. The van der Waals surface area contributed by atoms with E-state index in [-0.39, 0.29) is 23.3 Å². The van der Waals surface area contributed by atoms with Gasteiger partial charge in [-0.15, -0.1) is 0 Å². The Bertz CT molecular complexity index is 951. The lowest BCUT2D eigenvalue weighted by Gasteiger charge is -2.11. The van der Waals surface area contributed by atoms with E-state index >= 15 is 0 Å². The van der Waals surface area contributed by atoms with Gasteiger partial charge in [-0.2, -0.15) is 10.1 Å². The Hall–Kier alpha value is -3.19. The topological polar surface area (TPSA) is 82.2 Å². The molecular weight excluding hydrogens is 369 g/mol. The smallest absolute Gasteiger partial charge is 0.253 e. The van der Waals surface area contributed by atoms with Crippen LogP contribution < -0.4 is 10.6 Å². The van der Waals surface area contributed by atoms with Crippen LogP contribution in [0.2, 0.25) is 5.02 Å². The molecule has 0 fully saturated rings. The van der Waals surface area contributed by atoms with Gasteiger partial charge in [-0.3, -0.25) is 9.89 Å². The maximum Gasteiger partial charge on any atom is 0.253 e. The number of aromatic nitrogens is 2. The third-order valence-electron chi connectivity index (χ3n) is 3.51. The fraction of sp³-hybridized carbons (Fsp3) is 0.105. The zero-order valence-corrected chi connectivity index (χ0v) is 15.2. The van der Waals surface area contributed by atoms with Crippen LogP contribution in [0, 0.1) is 12.7 Å². The van der Waals surface area contributed by atoms with Gasteiger partial charge in [0.25, 0.3) is 5.91 Å². The van der Waals surface area contributed by atoms with Crippen LogP contribution in [0.1, 0.15) is 11.3 Å². The van der Waals surface area contributed by atoms with E-state index in [0.717, 1.165) is 11.3 Å². The average molecular weight is 386 g/mol. The van der Waals surface area contributed by atoms with Crippen molar-refractivity contribution in [3.63, 3.8) is 0 Å². The highest BCUT2D eigenvalue weighted by atomic mass is 35.5. The van der Waals surface area contributed by atoms with Crippen molar-refractivity contribution in [2.45, 2.75) is 13.3 Å². The summed E-state index contributed by atoms with van der Waals surface area (Å²) in [5.74, 6) is -0.292. The minimum Gasteiger partial charge on any atom is -0.325 e. The van der Waals surface area contributed by atoms with Crippen LogP contribution in [0.5, 0.6) is 0 Å². The van der Waals surface area contributed by atoms with E-state index in [1.807, 2.05) is 37.3 Å². The summed E-state index contributed by atoms with van der Waals surface area (Å²) in [6.07, 6.45) is 0.136. The molecule has 0 radical (unpaired) electrons. The number of nitrogens with one attached hydrogen (secondary N) is 3. The van der Waals surface area contributed by atoms with Crippen LogP contribution in [-0.4, -0.2) is 22.1 Å². The Labute approximate surface area is 160 Å². The number of hydrogen-bond acceptors (Lipinski definition) is 2. The van der Waals surface area contributed by atoms with Crippen LogP contribution in [0.15, 0.2) is 59.6 Å². The van der Waals surface area contributed by atoms with Crippen LogP contribution in [0.4, 0.5) is 15.9 Å². The minimum atomic E-state index is -0.504. The standard InChI is InChI=1S/C19H17ClFN5O/c1-12-7-17(26-25-12)23-19(22-16-10-14(20)9-15(21)11-16)24-18(27)8-13-5-3-2-4-6-13/h2-7,9-11H,8H2,1H3,(H3,22,23,24,25,26,27). The molecule has 3 aromatic rings. The normalized spacial score (nSPS) is 11.3. The number of aliphatic imine (C=N–C) groups is 1. The molecular formula is C19H17ClFN5O. The number of benzene rings is 2. The van der Waals surface area contributed by atoms with E-state index < -0.39 is 5.82 Å². The first-order chi connectivity index (χ1) is 13.0. The molecule has 0 atom stereocenters. The van der Waals surface area contributed by atoms with E-state index in [1.54, 1.807) is 6.07 Å². The molecule has 0 aliphatic carbocycles. The number of rotatable bonds is 4. The van der Waals surface area contributed by atoms with Gasteiger partial charge in [-0.05, 0) is 30.7 Å². The Balaban J connectivity index is 1.82. The largest absolute Gasteiger partial charge is 0.325 e. The summed E-state index contributed by atoms with van der Waals surface area (Å²) in [6, 6.07) is 15.0. The quantitative estimate of drug-likeness (QED) is 0.465. The molecule has 0 aliphatic heterocycles. The van der Waals surface area contributed by atoms with Crippen molar-refractivity contribution in [1.29, 1.82) is 0 Å². The Morgan fingerprint density at radius 3 is 2.63 bits per heavy atom. The fourth-order valence-corrected chi connectivity index (χ4v) is 2.61. The average Bonchev–Trinajstić information content (AvgIpc) is 2.99. The Morgan fingerprint density at radius 1 is 1.19 bits per heavy atom. The maximum atomic E-state index is 13.6. The third-order valence-corrected chi connectivity index (χ3v) is 3.73. The lowest BCUT2D eigenvalue weighted by atomic mass is 10.1. The predicted molar refractivity (Wildman–Crippen MR) is 105 cm³/mol. The van der Waals surface area contributed by atoms with Crippen molar-refractivity contribution in [2.75, 3.05) is 10.6 Å². The minimum absolute atomic E-state index is 0.115. The second kappa shape index (κ2) is 8.46. The summed E-state index contributed by atoms with van der Waals surface area (Å²) in [4.78, 5) is 16.4. The molecule has 27 heavy (non-hydrogen) atoms. The molecule has 0 unspecified atom stereocenters. The number of anilines is 2. The Morgan fingerprint density at radius 2 is 1.96 bits per heavy atom. The van der Waals surface area contributed by atoms with E-state index in [1.165, 1.54) is 18.2 Å². The molecule has 0 saturated heterocycles. The highest BCUT2D eigenvalue weighted by Gasteiger charge is 2.09. The van der Waals surface area contributed by atoms with Gasteiger partial charge in [0.2, 0.25) is 5.96 Å². The van der Waals surface area contributed by atoms with Gasteiger partial charge in [0.05, 0.1) is 6.42 Å². The zero-order chi connectivity index (χ0) is 19.2. The number of nitrogens with zero attached hydrogens (tertiary/aromatic N) is 2. The molecule has 3 rings (SSSR count). The molecule has 8 heteroatoms. The van der Waals surface area contributed by atoms with Gasteiger partial charge in [-0.1, -0.05) is 41.9 Å². The molecule has 1 aromatic heterocycles. The number of halogens is 2. The number of aryl methyl sites for hydroxylation is 1. The summed E-state index contributed by atoms with van der Waals surface area (Å²) in [5, 5.41) is 12.9. The number of amides is 1. The van der Waals surface area contributed by atoms with Gasteiger partial charge < -0.3 is 10.6 Å². The van der Waals surface area contributed by atoms with E-state index in [2.05, 4.69) is 25.8 Å². The summed E-state index contributed by atoms with van der Waals surface area (Å²) in [7, 11) is 0. The van der Waals surface area contributed by atoms with Crippen molar-refractivity contribution in [1.82, 2.24) is 10.2 Å². The van der Waals surface area contributed by atoms with Gasteiger partial charge >= 0.3 is 0 Å². The summed E-state index contributed by atoms with van der Waals surface area (Å²) < 4.78 is 13.6. The van der Waals surface area contributed by atoms with Crippen molar-refractivity contribution < 1.29 is 9.18 Å². The van der Waals surface area contributed by atoms with Gasteiger partial charge in [0, 0.05) is 22.5 Å². The maximum absolute atomic E-state index is 13.6. The molecule has 0 aliphatic rings. The molecule has 1 heterocycles. The van der Waals surface area contributed by atoms with Crippen molar-refractivity contribution in [2.24, 2.45) is 4.99 Å². The molecule has 3 N–H and O–H groups in total. The summed E-state index contributed by atoms with van der Waals surface area (Å²) in [5.41, 5.74) is 2.03. The zero-order valence-electron chi connectivity index (χ0n) is 14.5. The number of guanidine groups is 1. The lowest BCUT2D eigenvalue weighted by molar-refractivity contribution is -0.117. The lowest BCUT2D eigenvalue weighted by Crippen LogP contribution is -2.24. The summed E-state index contributed by atoms with van der Waals surface area (Å²) in [6.45, 7) is 1.84. The van der Waals surface area contributed by atoms with Gasteiger partial charge in [-0.25, -0.2) is 4.39 Å². The number of carbonyl (C=O) groups excluding carboxylic acids is 1. The monoisotopic (exact) mass is 385 g/mol. The van der Waals surface area contributed by atoms with Crippen LogP contribution >= 0.6 is 11.6 Å². The van der Waals surface area contributed by atoms with Crippen LogP contribution in [0.25, 0.3) is 0 Å². The predicted octanol–water partition coefficient (Wildman–Crippen LogP) is 4.16. The van der Waals surface area contributed by atoms with E-state index in [4.69, 9.17) is 11.6 Å². The molecule has 0 bridgehead atoms. The molecule has 0 saturated carbocycles. The van der Waals surface area contributed by atoms with Crippen molar-refractivity contribution in [3.8, 4) is 0 Å². The van der Waals surface area contributed by atoms with E-state index in [0.29, 0.717) is 11.5 Å². The van der Waals surface area contributed by atoms with Crippen molar-refractivity contribution >= 4 is 35.0 Å². The highest BCUT2D eigenvalue weighted by molar-refractivity contribution is 6.31. The first-order valence-electron chi connectivity index (χ1n) is 8.15. The summed E-state index contributed by atoms with van der Waals surface area (Å²) >= 11 is 5.89. The highest BCUT2D eigenvalue weighted by Crippen LogP contribution is 2.18. The number of carbonyl (C=O) groups is 1. The first-order valence-corrected chi connectivity index (χ1v) is 8.53. The first kappa shape index (κ1) is 18.6. The molecule has 138 valence electrons. The SMILES string of the molecule is Cc1cc(N/C(=N\C(=O)Cc2ccccc2)Nc2cc(F)cc(Cl)c2)n[nH]1. The second-order valence-electron chi connectivity index (χ2n) is 5.86. The fourth-order valence-electron chi connectivity index (χ4n) is 2.39. The van der Waals surface area contributed by atoms with E-state index in [9.17, 15) is 9.18 Å². The molecule has 6 nitrogen and oxygen atoms in total. The van der Waals surface area contributed by atoms with Gasteiger partial charge in [0.15, 0.2) is 5.82 Å². The number of H-pyrrole nitrogens is 1. The van der Waals surface area contributed by atoms with Gasteiger partial charge in [0.1, 0.15) is 5.82 Å². The van der Waals surface area contributed by atoms with Crippen LogP contribution in [0.3, 0.4) is 0 Å². The third kappa shape index (κ3) is 5.65. The van der Waals surface area contributed by atoms with Crippen LogP contribution in [-0.2, 0) is 11.2 Å².